The third kappa shape index (κ3) is 1.92. The number of carboxylic acid groups (broad SMARTS) is 1. The smallest absolute Gasteiger partial charge is 0.338 e. The summed E-state index contributed by atoms with van der Waals surface area (Å²) >= 11 is 5.66. The van der Waals surface area contributed by atoms with Gasteiger partial charge < -0.3 is 5.11 Å². The van der Waals surface area contributed by atoms with Gasteiger partial charge in [0.05, 0.1) is 10.9 Å². The Bertz CT molecular complexity index is 284. The van der Waals surface area contributed by atoms with Gasteiger partial charge in [0.15, 0.2) is 0 Å². The molecule has 4 nitrogen and oxygen atoms in total. The Morgan fingerprint density at radius 2 is 2.08 bits per heavy atom. The molecule has 12 heavy (non-hydrogen) atoms. The van der Waals surface area contributed by atoms with Gasteiger partial charge in [-0.1, -0.05) is 0 Å². The van der Waals surface area contributed by atoms with Crippen molar-refractivity contribution in [2.45, 2.75) is 12.3 Å². The molecule has 0 spiro atoms. The van der Waals surface area contributed by atoms with E-state index in [1.165, 1.54) is 12.4 Å². The van der Waals surface area contributed by atoms with E-state index in [9.17, 15) is 4.79 Å². The SMILES string of the molecule is CC(Cl)c1ncc(C(=O)O)cn1. The number of nitrogens with zero attached hydrogens (tertiary/aromatic N) is 2. The monoisotopic (exact) mass is 186 g/mol. The molecular weight excluding hydrogens is 180 g/mol. The topological polar surface area (TPSA) is 63.1 Å². The highest BCUT2D eigenvalue weighted by atomic mass is 35.5. The summed E-state index contributed by atoms with van der Waals surface area (Å²) in [4.78, 5) is 17.9. The molecule has 0 fully saturated rings. The highest BCUT2D eigenvalue weighted by molar-refractivity contribution is 6.20. The molecule has 0 amide bonds. The van der Waals surface area contributed by atoms with Crippen molar-refractivity contribution in [1.29, 1.82) is 0 Å². The predicted molar refractivity (Wildman–Crippen MR) is 43.3 cm³/mol. The van der Waals surface area contributed by atoms with Crippen molar-refractivity contribution in [2.75, 3.05) is 0 Å². The molecule has 1 N–H and O–H groups in total. The number of hydrogen-bond donors (Lipinski definition) is 1. The van der Waals surface area contributed by atoms with Crippen LogP contribution in [-0.4, -0.2) is 21.0 Å². The summed E-state index contributed by atoms with van der Waals surface area (Å²) < 4.78 is 0. The second kappa shape index (κ2) is 3.49. The summed E-state index contributed by atoms with van der Waals surface area (Å²) in [6.07, 6.45) is 2.48. The maximum Gasteiger partial charge on any atom is 0.338 e. The van der Waals surface area contributed by atoms with Gasteiger partial charge >= 0.3 is 5.97 Å². The summed E-state index contributed by atoms with van der Waals surface area (Å²) in [6, 6.07) is 0. The number of aromatic nitrogens is 2. The average Bonchev–Trinajstić information content (AvgIpc) is 2.04. The number of rotatable bonds is 2. The third-order valence-electron chi connectivity index (χ3n) is 1.27. The van der Waals surface area contributed by atoms with Crippen LogP contribution in [0.3, 0.4) is 0 Å². The lowest BCUT2D eigenvalue weighted by Gasteiger charge is -1.99. The van der Waals surface area contributed by atoms with Gasteiger partial charge in [-0.2, -0.15) is 0 Å². The van der Waals surface area contributed by atoms with Crippen LogP contribution in [0.2, 0.25) is 0 Å². The van der Waals surface area contributed by atoms with E-state index in [0.717, 1.165) is 0 Å². The van der Waals surface area contributed by atoms with E-state index >= 15 is 0 Å². The van der Waals surface area contributed by atoms with Crippen molar-refractivity contribution in [3.05, 3.63) is 23.8 Å². The van der Waals surface area contributed by atoms with Crippen molar-refractivity contribution in [3.8, 4) is 0 Å². The number of halogens is 1. The quantitative estimate of drug-likeness (QED) is 0.711. The van der Waals surface area contributed by atoms with Crippen molar-refractivity contribution in [2.24, 2.45) is 0 Å². The highest BCUT2D eigenvalue weighted by Crippen LogP contribution is 2.13. The van der Waals surface area contributed by atoms with Crippen molar-refractivity contribution < 1.29 is 9.90 Å². The first-order chi connectivity index (χ1) is 5.61. The first-order valence-corrected chi connectivity index (χ1v) is 3.74. The fourth-order valence-electron chi connectivity index (χ4n) is 0.654. The second-order valence-electron chi connectivity index (χ2n) is 2.25. The number of hydrogen-bond acceptors (Lipinski definition) is 3. The van der Waals surface area contributed by atoms with Crippen LogP contribution in [0.5, 0.6) is 0 Å². The zero-order valence-electron chi connectivity index (χ0n) is 6.36. The van der Waals surface area contributed by atoms with Crippen molar-refractivity contribution in [1.82, 2.24) is 9.97 Å². The molecule has 0 radical (unpaired) electrons. The molecule has 1 atom stereocenters. The number of carboxylic acids is 1. The molecule has 0 saturated carbocycles. The van der Waals surface area contributed by atoms with Crippen LogP contribution in [0.1, 0.15) is 28.5 Å². The van der Waals surface area contributed by atoms with E-state index < -0.39 is 5.97 Å². The maximum absolute atomic E-state index is 10.4. The summed E-state index contributed by atoms with van der Waals surface area (Å²) in [5.74, 6) is -0.606. The Morgan fingerprint density at radius 1 is 1.58 bits per heavy atom. The predicted octanol–water partition coefficient (Wildman–Crippen LogP) is 1.47. The minimum atomic E-state index is -1.04. The number of carbonyl (C=O) groups is 1. The summed E-state index contributed by atoms with van der Waals surface area (Å²) in [5, 5.41) is 8.20. The van der Waals surface area contributed by atoms with Crippen LogP contribution in [0.25, 0.3) is 0 Å². The molecule has 1 unspecified atom stereocenters. The van der Waals surface area contributed by atoms with E-state index in [1.807, 2.05) is 0 Å². The van der Waals surface area contributed by atoms with E-state index in [1.54, 1.807) is 6.92 Å². The van der Waals surface area contributed by atoms with E-state index in [0.29, 0.717) is 5.82 Å². The lowest BCUT2D eigenvalue weighted by Crippen LogP contribution is -2.01. The van der Waals surface area contributed by atoms with E-state index in [2.05, 4.69) is 9.97 Å². The maximum atomic E-state index is 10.4. The molecule has 1 aromatic rings. The molecule has 1 aromatic heterocycles. The van der Waals surface area contributed by atoms with Crippen LogP contribution in [0.15, 0.2) is 12.4 Å². The molecular formula is C7H7ClN2O2. The molecule has 0 aliphatic heterocycles. The van der Waals surface area contributed by atoms with E-state index in [-0.39, 0.29) is 10.9 Å². The number of aromatic carboxylic acids is 1. The number of alkyl halides is 1. The summed E-state index contributed by atoms with van der Waals surface area (Å²) in [5.41, 5.74) is 0.0658. The lowest BCUT2D eigenvalue weighted by atomic mass is 10.3. The molecule has 1 rings (SSSR count). The van der Waals surface area contributed by atoms with Crippen LogP contribution in [0, 0.1) is 0 Å². The van der Waals surface area contributed by atoms with Crippen molar-refractivity contribution >= 4 is 17.6 Å². The van der Waals surface area contributed by atoms with Crippen LogP contribution < -0.4 is 0 Å². The van der Waals surface area contributed by atoms with Gasteiger partial charge in [-0.3, -0.25) is 0 Å². The van der Waals surface area contributed by atoms with Gasteiger partial charge in [-0.25, -0.2) is 14.8 Å². The molecule has 64 valence electrons. The second-order valence-corrected chi connectivity index (χ2v) is 2.91. The standard InChI is InChI=1S/C7H7ClN2O2/c1-4(8)6-9-2-5(3-10-6)7(11)12/h2-4H,1H3,(H,11,12). The Hall–Kier alpha value is -1.16. The molecule has 1 heterocycles. The summed E-state index contributed by atoms with van der Waals surface area (Å²) in [7, 11) is 0. The zero-order chi connectivity index (χ0) is 9.14. The van der Waals surface area contributed by atoms with Gasteiger partial charge in [0.2, 0.25) is 0 Å². The highest BCUT2D eigenvalue weighted by Gasteiger charge is 2.07. The van der Waals surface area contributed by atoms with Crippen LogP contribution >= 0.6 is 11.6 Å². The van der Waals surface area contributed by atoms with Crippen molar-refractivity contribution in [3.63, 3.8) is 0 Å². The minimum Gasteiger partial charge on any atom is -0.478 e. The zero-order valence-corrected chi connectivity index (χ0v) is 7.12. The molecule has 0 saturated heterocycles. The molecule has 0 aromatic carbocycles. The fraction of sp³-hybridized carbons (Fsp3) is 0.286. The summed E-state index contributed by atoms with van der Waals surface area (Å²) in [6.45, 7) is 1.72. The minimum absolute atomic E-state index is 0.0658. The lowest BCUT2D eigenvalue weighted by molar-refractivity contribution is 0.0696. The van der Waals surface area contributed by atoms with Gasteiger partial charge in [0, 0.05) is 12.4 Å². The Kier molecular flexibility index (Phi) is 2.60. The Morgan fingerprint density at radius 3 is 2.42 bits per heavy atom. The van der Waals surface area contributed by atoms with Gasteiger partial charge in [-0.15, -0.1) is 11.6 Å². The van der Waals surface area contributed by atoms with Gasteiger partial charge in [0.1, 0.15) is 5.82 Å². The van der Waals surface area contributed by atoms with Crippen LogP contribution in [0.4, 0.5) is 0 Å². The van der Waals surface area contributed by atoms with Gasteiger partial charge in [0.25, 0.3) is 0 Å². The van der Waals surface area contributed by atoms with E-state index in [4.69, 9.17) is 16.7 Å². The Labute approximate surface area is 74.2 Å². The average molecular weight is 187 g/mol. The van der Waals surface area contributed by atoms with Crippen LogP contribution in [-0.2, 0) is 0 Å². The first kappa shape index (κ1) is 8.93. The largest absolute Gasteiger partial charge is 0.478 e. The first-order valence-electron chi connectivity index (χ1n) is 3.30. The molecule has 0 bridgehead atoms. The third-order valence-corrected chi connectivity index (χ3v) is 1.47. The molecule has 0 aliphatic rings. The van der Waals surface area contributed by atoms with Gasteiger partial charge in [-0.05, 0) is 6.92 Å². The molecule has 0 aliphatic carbocycles. The fourth-order valence-corrected chi connectivity index (χ4v) is 0.767. The molecule has 5 heteroatoms. The Balaban J connectivity index is 2.93. The normalized spacial score (nSPS) is 12.5.